The van der Waals surface area contributed by atoms with Gasteiger partial charge in [-0.3, -0.25) is 10.1 Å². The second-order valence-corrected chi connectivity index (χ2v) is 4.93. The zero-order valence-corrected chi connectivity index (χ0v) is 11.2. The zero-order valence-electron chi connectivity index (χ0n) is 11.2. The number of phenols is 1. The molecule has 0 aliphatic heterocycles. The van der Waals surface area contributed by atoms with Gasteiger partial charge in [0.25, 0.3) is 0 Å². The summed E-state index contributed by atoms with van der Waals surface area (Å²) in [5.41, 5.74) is -0.137. The van der Waals surface area contributed by atoms with Gasteiger partial charge in [0, 0.05) is 11.8 Å². The lowest BCUT2D eigenvalue weighted by atomic mass is 10.1. The zero-order chi connectivity index (χ0) is 14.6. The molecular weight excluding hydrogens is 246 g/mol. The van der Waals surface area contributed by atoms with Crippen molar-refractivity contribution in [1.82, 2.24) is 0 Å². The number of rotatable bonds is 3. The molecule has 5 heteroatoms. The number of allylic oxidation sites excluding steroid dienone is 1. The molecule has 0 atom stereocenters. The Bertz CT molecular complexity index is 515. The number of nitrogens with one attached hydrogen (secondary N) is 1. The molecule has 0 bridgehead atoms. The average Bonchev–Trinajstić information content (AvgIpc) is 2.25. The smallest absolute Gasteiger partial charge is 0.412 e. The summed E-state index contributed by atoms with van der Waals surface area (Å²) >= 11 is 0. The Hall–Kier alpha value is -2.30. The first-order valence-corrected chi connectivity index (χ1v) is 5.73. The fourth-order valence-corrected chi connectivity index (χ4v) is 1.35. The maximum Gasteiger partial charge on any atom is 0.412 e. The first-order valence-electron chi connectivity index (χ1n) is 5.73. The van der Waals surface area contributed by atoms with Crippen LogP contribution in [0.25, 0.3) is 0 Å². The molecule has 0 heterocycles. The van der Waals surface area contributed by atoms with Crippen LogP contribution in [0, 0.1) is 0 Å². The molecule has 1 aromatic rings. The average molecular weight is 263 g/mol. The standard InChI is InChI=1S/C14H17NO4/c1-5-11(16)10-7-6-9(8-12(10)17)15-13(18)19-14(2,3)4/h5-8,17H,1H2,2-4H3,(H,15,18). The van der Waals surface area contributed by atoms with Gasteiger partial charge < -0.3 is 9.84 Å². The molecule has 0 unspecified atom stereocenters. The molecule has 19 heavy (non-hydrogen) atoms. The van der Waals surface area contributed by atoms with Crippen molar-refractivity contribution in [2.45, 2.75) is 26.4 Å². The lowest BCUT2D eigenvalue weighted by molar-refractivity contribution is 0.0636. The van der Waals surface area contributed by atoms with E-state index >= 15 is 0 Å². The van der Waals surface area contributed by atoms with E-state index in [1.54, 1.807) is 20.8 Å². The quantitative estimate of drug-likeness (QED) is 0.649. The van der Waals surface area contributed by atoms with Crippen LogP contribution in [0.4, 0.5) is 10.5 Å². The Morgan fingerprint density at radius 1 is 1.37 bits per heavy atom. The van der Waals surface area contributed by atoms with Crippen LogP contribution in [0.5, 0.6) is 5.75 Å². The normalized spacial score (nSPS) is 10.7. The third-order valence-electron chi connectivity index (χ3n) is 2.09. The van der Waals surface area contributed by atoms with Crippen molar-refractivity contribution in [3.63, 3.8) is 0 Å². The molecule has 5 nitrogen and oxygen atoms in total. The van der Waals surface area contributed by atoms with E-state index in [0.717, 1.165) is 6.08 Å². The van der Waals surface area contributed by atoms with Gasteiger partial charge in [0.05, 0.1) is 5.56 Å². The van der Waals surface area contributed by atoms with Gasteiger partial charge in [-0.2, -0.15) is 0 Å². The topological polar surface area (TPSA) is 75.6 Å². The first kappa shape index (κ1) is 14.8. The molecule has 0 radical (unpaired) electrons. The summed E-state index contributed by atoms with van der Waals surface area (Å²) in [4.78, 5) is 22.9. The van der Waals surface area contributed by atoms with Crippen LogP contribution in [0.3, 0.4) is 0 Å². The molecule has 0 aliphatic rings. The number of ketones is 1. The molecular formula is C14H17NO4. The van der Waals surface area contributed by atoms with Crippen LogP contribution < -0.4 is 5.32 Å². The summed E-state index contributed by atoms with van der Waals surface area (Å²) < 4.78 is 5.07. The van der Waals surface area contributed by atoms with Gasteiger partial charge in [-0.25, -0.2) is 4.79 Å². The highest BCUT2D eigenvalue weighted by Gasteiger charge is 2.17. The number of hydrogen-bond acceptors (Lipinski definition) is 4. The Morgan fingerprint density at radius 2 is 2.00 bits per heavy atom. The Morgan fingerprint density at radius 3 is 2.47 bits per heavy atom. The van der Waals surface area contributed by atoms with Crippen molar-refractivity contribution in [2.75, 3.05) is 5.32 Å². The van der Waals surface area contributed by atoms with Crippen LogP contribution in [0.2, 0.25) is 0 Å². The highest BCUT2D eigenvalue weighted by atomic mass is 16.6. The van der Waals surface area contributed by atoms with Crippen LogP contribution in [0.15, 0.2) is 30.9 Å². The Kier molecular flexibility index (Phi) is 4.32. The van der Waals surface area contributed by atoms with Crippen LogP contribution in [0.1, 0.15) is 31.1 Å². The molecule has 1 rings (SSSR count). The predicted octanol–water partition coefficient (Wildman–Crippen LogP) is 3.11. The van der Waals surface area contributed by atoms with Crippen LogP contribution in [-0.4, -0.2) is 22.6 Å². The van der Waals surface area contributed by atoms with E-state index in [2.05, 4.69) is 11.9 Å². The van der Waals surface area contributed by atoms with Gasteiger partial charge in [0.15, 0.2) is 5.78 Å². The van der Waals surface area contributed by atoms with E-state index in [1.807, 2.05) is 0 Å². The Balaban J connectivity index is 2.82. The summed E-state index contributed by atoms with van der Waals surface area (Å²) in [6.45, 7) is 8.58. The summed E-state index contributed by atoms with van der Waals surface area (Å²) in [6.07, 6.45) is 0.477. The molecule has 102 valence electrons. The van der Waals surface area contributed by atoms with Gasteiger partial charge in [-0.1, -0.05) is 6.58 Å². The Labute approximate surface area is 111 Å². The van der Waals surface area contributed by atoms with E-state index < -0.39 is 11.7 Å². The second-order valence-electron chi connectivity index (χ2n) is 4.93. The van der Waals surface area contributed by atoms with Crippen LogP contribution in [-0.2, 0) is 4.74 Å². The number of benzene rings is 1. The summed E-state index contributed by atoms with van der Waals surface area (Å²) in [6, 6.07) is 4.19. The van der Waals surface area contributed by atoms with Gasteiger partial charge in [-0.15, -0.1) is 0 Å². The highest BCUT2D eigenvalue weighted by Crippen LogP contribution is 2.23. The summed E-state index contributed by atoms with van der Waals surface area (Å²) in [5, 5.41) is 12.1. The number of hydrogen-bond donors (Lipinski definition) is 2. The van der Waals surface area contributed by atoms with Crippen LogP contribution >= 0.6 is 0 Å². The van der Waals surface area contributed by atoms with Gasteiger partial charge >= 0.3 is 6.09 Å². The van der Waals surface area contributed by atoms with E-state index in [4.69, 9.17) is 4.74 Å². The van der Waals surface area contributed by atoms with E-state index in [1.165, 1.54) is 18.2 Å². The molecule has 0 aromatic heterocycles. The minimum Gasteiger partial charge on any atom is -0.507 e. The maximum absolute atomic E-state index is 11.5. The van der Waals surface area contributed by atoms with Crippen molar-refractivity contribution in [3.8, 4) is 5.75 Å². The van der Waals surface area contributed by atoms with Crippen molar-refractivity contribution >= 4 is 17.6 Å². The lowest BCUT2D eigenvalue weighted by Crippen LogP contribution is -2.27. The number of carbonyl (C=O) groups excluding carboxylic acids is 2. The van der Waals surface area contributed by atoms with E-state index in [9.17, 15) is 14.7 Å². The first-order chi connectivity index (χ1) is 8.73. The fraction of sp³-hybridized carbons (Fsp3) is 0.286. The molecule has 0 aliphatic carbocycles. The number of carbonyl (C=O) groups is 2. The third kappa shape index (κ3) is 4.46. The number of phenolic OH excluding ortho intramolecular Hbond substituents is 1. The highest BCUT2D eigenvalue weighted by molar-refractivity contribution is 6.06. The number of amides is 1. The van der Waals surface area contributed by atoms with Gasteiger partial charge in [0.1, 0.15) is 11.4 Å². The molecule has 0 spiro atoms. The van der Waals surface area contributed by atoms with Crippen molar-refractivity contribution < 1.29 is 19.4 Å². The minimum atomic E-state index is -0.630. The van der Waals surface area contributed by atoms with E-state index in [0.29, 0.717) is 5.69 Å². The summed E-state index contributed by atoms with van der Waals surface area (Å²) in [7, 11) is 0. The molecule has 0 saturated heterocycles. The third-order valence-corrected chi connectivity index (χ3v) is 2.09. The lowest BCUT2D eigenvalue weighted by Gasteiger charge is -2.19. The molecule has 1 aromatic carbocycles. The SMILES string of the molecule is C=CC(=O)c1ccc(NC(=O)OC(C)(C)C)cc1O. The fourth-order valence-electron chi connectivity index (χ4n) is 1.35. The molecule has 1 amide bonds. The largest absolute Gasteiger partial charge is 0.507 e. The molecule has 0 fully saturated rings. The molecule has 2 N–H and O–H groups in total. The van der Waals surface area contributed by atoms with Crippen molar-refractivity contribution in [2.24, 2.45) is 0 Å². The van der Waals surface area contributed by atoms with Gasteiger partial charge in [0.2, 0.25) is 0 Å². The van der Waals surface area contributed by atoms with Crippen molar-refractivity contribution in [1.29, 1.82) is 0 Å². The van der Waals surface area contributed by atoms with Gasteiger partial charge in [-0.05, 0) is 39.0 Å². The number of anilines is 1. The maximum atomic E-state index is 11.5. The predicted molar refractivity (Wildman–Crippen MR) is 72.5 cm³/mol. The second kappa shape index (κ2) is 5.56. The minimum absolute atomic E-state index is 0.129. The monoisotopic (exact) mass is 263 g/mol. The summed E-state index contributed by atoms with van der Waals surface area (Å²) in [5.74, 6) is -0.611. The number of aromatic hydroxyl groups is 1. The van der Waals surface area contributed by atoms with E-state index in [-0.39, 0.29) is 17.1 Å². The number of ether oxygens (including phenoxy) is 1. The van der Waals surface area contributed by atoms with Crippen molar-refractivity contribution in [3.05, 3.63) is 36.4 Å². The molecule has 0 saturated carbocycles.